The Kier molecular flexibility index (Phi) is 4.26. The summed E-state index contributed by atoms with van der Waals surface area (Å²) in [6, 6.07) is 8.44. The van der Waals surface area contributed by atoms with Crippen LogP contribution < -0.4 is 0 Å². The fourth-order valence-electron chi connectivity index (χ4n) is 3.02. The highest BCUT2D eigenvalue weighted by Gasteiger charge is 2.24. The zero-order chi connectivity index (χ0) is 15.0. The molecule has 0 aromatic heterocycles. The van der Waals surface area contributed by atoms with Crippen molar-refractivity contribution in [1.82, 2.24) is 0 Å². The van der Waals surface area contributed by atoms with Crippen LogP contribution in [0.2, 0.25) is 0 Å². The summed E-state index contributed by atoms with van der Waals surface area (Å²) in [5, 5.41) is 0. The molecule has 0 atom stereocenters. The average molecular weight is 286 g/mol. The van der Waals surface area contributed by atoms with E-state index < -0.39 is 11.2 Å². The second-order valence-corrected chi connectivity index (χ2v) is 7.08. The molecule has 0 N–H and O–H groups in total. The van der Waals surface area contributed by atoms with Gasteiger partial charge in [0, 0.05) is 33.4 Å². The lowest BCUT2D eigenvalue weighted by atomic mass is 10.1. The maximum absolute atomic E-state index is 13.1. The minimum absolute atomic E-state index is 0.964. The molecule has 0 aliphatic carbocycles. The highest BCUT2D eigenvalue weighted by atomic mass is 32.2. The van der Waals surface area contributed by atoms with E-state index >= 15 is 0 Å². The van der Waals surface area contributed by atoms with Gasteiger partial charge in [0.25, 0.3) is 0 Å². The molecule has 2 aromatic carbocycles. The predicted molar refractivity (Wildman–Crippen MR) is 86.0 cm³/mol. The van der Waals surface area contributed by atoms with Gasteiger partial charge in [-0.1, -0.05) is 35.4 Å². The zero-order valence-electron chi connectivity index (χ0n) is 13.1. The average Bonchev–Trinajstić information content (AvgIpc) is 2.25. The molecule has 1 nitrogen and oxygen atoms in total. The summed E-state index contributed by atoms with van der Waals surface area (Å²) in [4.78, 5) is 1.93. The van der Waals surface area contributed by atoms with Gasteiger partial charge in [0.1, 0.15) is 0 Å². The molecule has 0 radical (unpaired) electrons. The largest absolute Gasteiger partial charge is 0.606 e. The number of hydrogen-bond donors (Lipinski definition) is 0. The lowest BCUT2D eigenvalue weighted by Gasteiger charge is -2.19. The molecule has 106 valence electrons. The summed E-state index contributed by atoms with van der Waals surface area (Å²) >= 11 is -1.11. The Bertz CT molecular complexity index is 555. The van der Waals surface area contributed by atoms with Gasteiger partial charge in [-0.3, -0.25) is 0 Å². The van der Waals surface area contributed by atoms with E-state index in [1.54, 1.807) is 0 Å². The summed E-state index contributed by atoms with van der Waals surface area (Å²) in [5.74, 6) is 0. The third-order valence-electron chi connectivity index (χ3n) is 3.58. The number of benzene rings is 2. The number of hydrogen-bond acceptors (Lipinski definition) is 1. The number of aryl methyl sites for hydroxylation is 6. The van der Waals surface area contributed by atoms with Crippen molar-refractivity contribution < 1.29 is 4.55 Å². The topological polar surface area (TPSA) is 23.1 Å². The molecule has 2 rings (SSSR count). The Morgan fingerprint density at radius 3 is 1.10 bits per heavy atom. The Morgan fingerprint density at radius 1 is 0.600 bits per heavy atom. The lowest BCUT2D eigenvalue weighted by Crippen LogP contribution is -2.10. The van der Waals surface area contributed by atoms with Gasteiger partial charge in [0.05, 0.1) is 0 Å². The summed E-state index contributed by atoms with van der Waals surface area (Å²) in [7, 11) is 0. The Morgan fingerprint density at radius 2 is 0.850 bits per heavy atom. The highest BCUT2D eigenvalue weighted by molar-refractivity contribution is 7.91. The second kappa shape index (κ2) is 5.63. The van der Waals surface area contributed by atoms with Crippen molar-refractivity contribution in [3.05, 3.63) is 57.6 Å². The quantitative estimate of drug-likeness (QED) is 0.734. The van der Waals surface area contributed by atoms with Crippen molar-refractivity contribution in [3.63, 3.8) is 0 Å². The monoisotopic (exact) mass is 286 g/mol. The first-order valence-electron chi connectivity index (χ1n) is 6.88. The molecular weight excluding hydrogens is 264 g/mol. The molecule has 0 aliphatic heterocycles. The molecule has 0 spiro atoms. The Balaban J connectivity index is 2.61. The van der Waals surface area contributed by atoms with Crippen molar-refractivity contribution in [1.29, 1.82) is 0 Å². The van der Waals surface area contributed by atoms with Gasteiger partial charge in [0.2, 0.25) is 0 Å². The first kappa shape index (κ1) is 15.1. The first-order chi connectivity index (χ1) is 9.31. The summed E-state index contributed by atoms with van der Waals surface area (Å²) < 4.78 is 13.1. The van der Waals surface area contributed by atoms with E-state index in [2.05, 4.69) is 38.1 Å². The van der Waals surface area contributed by atoms with Gasteiger partial charge in [0.15, 0.2) is 9.79 Å². The maximum Gasteiger partial charge on any atom is 0.164 e. The van der Waals surface area contributed by atoms with Crippen LogP contribution in [0.3, 0.4) is 0 Å². The van der Waals surface area contributed by atoms with Crippen LogP contribution in [-0.2, 0) is 11.2 Å². The Hall–Kier alpha value is -1.25. The number of rotatable bonds is 2. The predicted octanol–water partition coefficient (Wildman–Crippen LogP) is 4.70. The summed E-state index contributed by atoms with van der Waals surface area (Å²) in [6.45, 7) is 12.3. The highest BCUT2D eigenvalue weighted by Crippen LogP contribution is 2.32. The van der Waals surface area contributed by atoms with Gasteiger partial charge in [-0.25, -0.2) is 0 Å². The molecule has 0 amide bonds. The molecule has 0 bridgehead atoms. The van der Waals surface area contributed by atoms with Crippen LogP contribution in [0.25, 0.3) is 0 Å². The third kappa shape index (κ3) is 2.77. The summed E-state index contributed by atoms with van der Waals surface area (Å²) in [5.41, 5.74) is 6.89. The van der Waals surface area contributed by atoms with Crippen LogP contribution in [0.5, 0.6) is 0 Å². The van der Waals surface area contributed by atoms with E-state index in [-0.39, 0.29) is 0 Å². The van der Waals surface area contributed by atoms with Gasteiger partial charge in [-0.15, -0.1) is 0 Å². The van der Waals surface area contributed by atoms with Crippen molar-refractivity contribution >= 4 is 11.2 Å². The second-order valence-electron chi connectivity index (χ2n) is 5.72. The van der Waals surface area contributed by atoms with Gasteiger partial charge < -0.3 is 4.55 Å². The van der Waals surface area contributed by atoms with E-state index in [4.69, 9.17) is 0 Å². The van der Waals surface area contributed by atoms with Gasteiger partial charge in [-0.2, -0.15) is 0 Å². The fourth-order valence-corrected chi connectivity index (χ4v) is 4.63. The maximum atomic E-state index is 13.1. The minimum atomic E-state index is -1.11. The molecule has 2 aromatic rings. The Labute approximate surface area is 125 Å². The van der Waals surface area contributed by atoms with Crippen molar-refractivity contribution in [2.45, 2.75) is 51.3 Å². The standard InChI is InChI=1S/C18H22OS/c1-11-7-13(3)17(14(4)8-11)20(19)18-15(5)9-12(2)10-16(18)6/h7-10H,1-6H3. The normalized spacial score (nSPS) is 11.2. The molecule has 0 unspecified atom stereocenters. The third-order valence-corrected chi connectivity index (χ3v) is 5.61. The van der Waals surface area contributed by atoms with E-state index in [9.17, 15) is 4.55 Å². The van der Waals surface area contributed by atoms with E-state index in [0.717, 1.165) is 32.0 Å². The lowest BCUT2D eigenvalue weighted by molar-refractivity contribution is 0.592. The van der Waals surface area contributed by atoms with Gasteiger partial charge >= 0.3 is 0 Å². The molecular formula is C18H22OS. The minimum Gasteiger partial charge on any atom is -0.606 e. The molecule has 0 heterocycles. The molecule has 20 heavy (non-hydrogen) atoms. The van der Waals surface area contributed by atoms with E-state index in [1.165, 1.54) is 11.1 Å². The van der Waals surface area contributed by atoms with Crippen LogP contribution in [0, 0.1) is 41.5 Å². The zero-order valence-corrected chi connectivity index (χ0v) is 13.9. The molecule has 0 aliphatic rings. The van der Waals surface area contributed by atoms with E-state index in [1.807, 2.05) is 27.7 Å². The first-order valence-corrected chi connectivity index (χ1v) is 8.03. The van der Waals surface area contributed by atoms with Crippen molar-refractivity contribution in [3.8, 4) is 0 Å². The smallest absolute Gasteiger partial charge is 0.164 e. The molecule has 0 saturated carbocycles. The molecule has 0 fully saturated rings. The van der Waals surface area contributed by atoms with Crippen molar-refractivity contribution in [2.75, 3.05) is 0 Å². The van der Waals surface area contributed by atoms with Crippen LogP contribution in [0.15, 0.2) is 34.1 Å². The SMILES string of the molecule is Cc1cc(C)c([S+]([O-])c2c(C)cc(C)cc2C)c(C)c1. The van der Waals surface area contributed by atoms with Crippen LogP contribution in [-0.4, -0.2) is 4.55 Å². The van der Waals surface area contributed by atoms with Crippen molar-refractivity contribution in [2.24, 2.45) is 0 Å². The van der Waals surface area contributed by atoms with Crippen LogP contribution in [0.1, 0.15) is 33.4 Å². The van der Waals surface area contributed by atoms with Crippen LogP contribution in [0.4, 0.5) is 0 Å². The fraction of sp³-hybridized carbons (Fsp3) is 0.333. The van der Waals surface area contributed by atoms with E-state index in [0.29, 0.717) is 0 Å². The van der Waals surface area contributed by atoms with Crippen LogP contribution >= 0.6 is 0 Å². The van der Waals surface area contributed by atoms with Gasteiger partial charge in [-0.05, 0) is 41.5 Å². The summed E-state index contributed by atoms with van der Waals surface area (Å²) in [6.07, 6.45) is 0. The molecule has 2 heteroatoms. The molecule has 0 saturated heterocycles.